The maximum atomic E-state index is 5.85. The van der Waals surface area contributed by atoms with E-state index in [2.05, 4.69) is 48.1 Å². The van der Waals surface area contributed by atoms with Crippen molar-refractivity contribution in [1.29, 1.82) is 0 Å². The van der Waals surface area contributed by atoms with E-state index in [1.807, 2.05) is 19.2 Å². The Morgan fingerprint density at radius 2 is 1.71 bits per heavy atom. The molecule has 1 aliphatic heterocycles. The topological polar surface area (TPSA) is 53.2 Å². The van der Waals surface area contributed by atoms with Gasteiger partial charge in [0.15, 0.2) is 0 Å². The third-order valence-corrected chi connectivity index (χ3v) is 5.92. The number of hydrogen-bond donors (Lipinski definition) is 2. The summed E-state index contributed by atoms with van der Waals surface area (Å²) in [6.45, 7) is 7.06. The fourth-order valence-electron chi connectivity index (χ4n) is 4.16. The molecule has 1 aliphatic rings. The van der Waals surface area contributed by atoms with Crippen LogP contribution >= 0.6 is 0 Å². The number of H-pyrrole nitrogens is 2. The zero-order chi connectivity index (χ0) is 21.9. The summed E-state index contributed by atoms with van der Waals surface area (Å²) in [6.07, 6.45) is 19.7. The van der Waals surface area contributed by atoms with Crippen LogP contribution in [-0.4, -0.2) is 22.3 Å². The highest BCUT2D eigenvalue weighted by Gasteiger charge is 2.14. The van der Waals surface area contributed by atoms with E-state index in [0.29, 0.717) is 6.61 Å². The van der Waals surface area contributed by atoms with Crippen molar-refractivity contribution in [1.82, 2.24) is 9.97 Å². The summed E-state index contributed by atoms with van der Waals surface area (Å²) < 4.78 is 5.85. The molecule has 168 valence electrons. The smallest absolute Gasteiger partial charge is 0.144 e. The number of unbranched alkanes of at least 4 members (excludes halogenated alkanes) is 8. The number of hydrogen-bond acceptors (Lipinski definition) is 2. The SMILES string of the molecule is CCCCCCCCCCCC1=CC(=Cc2[nH]c(-c3ccc[nH]3)cc2OCC)N=C1C. The summed E-state index contributed by atoms with van der Waals surface area (Å²) in [5, 5.41) is 0. The number of allylic oxidation sites excluding steroid dienone is 2. The van der Waals surface area contributed by atoms with Crippen LogP contribution in [0.25, 0.3) is 17.5 Å². The summed E-state index contributed by atoms with van der Waals surface area (Å²) in [4.78, 5) is 11.5. The molecule has 2 aromatic rings. The first-order valence-corrected chi connectivity index (χ1v) is 12.2. The van der Waals surface area contributed by atoms with Gasteiger partial charge in [-0.15, -0.1) is 0 Å². The third kappa shape index (κ3) is 7.02. The van der Waals surface area contributed by atoms with Crippen LogP contribution in [0, 0.1) is 0 Å². The largest absolute Gasteiger partial charge is 0.492 e. The lowest BCUT2D eigenvalue weighted by Crippen LogP contribution is -1.93. The highest BCUT2D eigenvalue weighted by atomic mass is 16.5. The number of nitrogens with one attached hydrogen (secondary N) is 2. The maximum Gasteiger partial charge on any atom is 0.144 e. The Hall–Kier alpha value is -2.49. The predicted octanol–water partition coefficient (Wildman–Crippen LogP) is 8.07. The molecule has 31 heavy (non-hydrogen) atoms. The predicted molar refractivity (Wildman–Crippen MR) is 133 cm³/mol. The van der Waals surface area contributed by atoms with Crippen molar-refractivity contribution >= 4 is 11.8 Å². The maximum absolute atomic E-state index is 5.85. The van der Waals surface area contributed by atoms with Gasteiger partial charge in [0, 0.05) is 18.0 Å². The molecule has 2 aromatic heterocycles. The van der Waals surface area contributed by atoms with Gasteiger partial charge in [-0.3, -0.25) is 4.99 Å². The van der Waals surface area contributed by atoms with E-state index in [1.54, 1.807) is 0 Å². The molecule has 0 amide bonds. The van der Waals surface area contributed by atoms with Gasteiger partial charge in [-0.05, 0) is 56.5 Å². The van der Waals surface area contributed by atoms with Crippen LogP contribution in [0.3, 0.4) is 0 Å². The Bertz CT molecular complexity index is 884. The second kappa shape index (κ2) is 12.4. The van der Waals surface area contributed by atoms with Crippen LogP contribution in [0.4, 0.5) is 0 Å². The average molecular weight is 422 g/mol. The van der Waals surface area contributed by atoms with Crippen molar-refractivity contribution in [3.8, 4) is 17.1 Å². The van der Waals surface area contributed by atoms with Gasteiger partial charge in [-0.2, -0.15) is 0 Å². The van der Waals surface area contributed by atoms with E-state index in [4.69, 9.17) is 9.73 Å². The van der Waals surface area contributed by atoms with E-state index in [0.717, 1.165) is 40.7 Å². The van der Waals surface area contributed by atoms with Crippen LogP contribution in [0.1, 0.15) is 90.7 Å². The molecule has 4 nitrogen and oxygen atoms in total. The molecule has 0 unspecified atom stereocenters. The van der Waals surface area contributed by atoms with E-state index in [9.17, 15) is 0 Å². The molecule has 0 spiro atoms. The van der Waals surface area contributed by atoms with Crippen molar-refractivity contribution in [2.45, 2.75) is 85.0 Å². The van der Waals surface area contributed by atoms with Crippen LogP contribution in [0.15, 0.2) is 46.7 Å². The van der Waals surface area contributed by atoms with E-state index in [1.165, 1.54) is 63.4 Å². The fourth-order valence-corrected chi connectivity index (χ4v) is 4.16. The summed E-state index contributed by atoms with van der Waals surface area (Å²) in [5.74, 6) is 0.869. The minimum atomic E-state index is 0.639. The average Bonchev–Trinajstić information content (AvgIpc) is 3.49. The van der Waals surface area contributed by atoms with Crippen molar-refractivity contribution in [2.75, 3.05) is 6.61 Å². The highest BCUT2D eigenvalue weighted by Crippen LogP contribution is 2.30. The van der Waals surface area contributed by atoms with Gasteiger partial charge < -0.3 is 14.7 Å². The summed E-state index contributed by atoms with van der Waals surface area (Å²) in [5.41, 5.74) is 6.59. The second-order valence-corrected chi connectivity index (χ2v) is 8.49. The number of aromatic amines is 2. The Morgan fingerprint density at radius 3 is 2.39 bits per heavy atom. The Labute approximate surface area is 187 Å². The molecular formula is C27H39N3O. The Balaban J connectivity index is 1.53. The van der Waals surface area contributed by atoms with Crippen LogP contribution in [0.5, 0.6) is 5.75 Å². The fraction of sp³-hybridized carbons (Fsp3) is 0.519. The molecule has 0 fully saturated rings. The Morgan fingerprint density at radius 1 is 0.968 bits per heavy atom. The van der Waals surface area contributed by atoms with Crippen molar-refractivity contribution in [3.05, 3.63) is 47.4 Å². The normalized spacial score (nSPS) is 14.9. The summed E-state index contributed by atoms with van der Waals surface area (Å²) in [7, 11) is 0. The monoisotopic (exact) mass is 421 g/mol. The third-order valence-electron chi connectivity index (χ3n) is 5.92. The molecule has 0 atom stereocenters. The molecule has 0 aromatic carbocycles. The van der Waals surface area contributed by atoms with Gasteiger partial charge in [0.05, 0.1) is 29.4 Å². The number of aliphatic imine (C=N–C) groups is 1. The lowest BCUT2D eigenvalue weighted by atomic mass is 10.0. The lowest BCUT2D eigenvalue weighted by molar-refractivity contribution is 0.340. The van der Waals surface area contributed by atoms with Crippen molar-refractivity contribution < 1.29 is 4.74 Å². The Kier molecular flexibility index (Phi) is 9.26. The van der Waals surface area contributed by atoms with Crippen molar-refractivity contribution in [3.63, 3.8) is 0 Å². The summed E-state index contributed by atoms with van der Waals surface area (Å²) >= 11 is 0. The van der Waals surface area contributed by atoms with Crippen LogP contribution in [-0.2, 0) is 0 Å². The molecule has 3 heterocycles. The molecule has 0 bridgehead atoms. The summed E-state index contributed by atoms with van der Waals surface area (Å²) in [6, 6.07) is 6.11. The first-order valence-electron chi connectivity index (χ1n) is 12.2. The van der Waals surface area contributed by atoms with Gasteiger partial charge in [0.1, 0.15) is 5.75 Å². The molecule has 4 heteroatoms. The van der Waals surface area contributed by atoms with E-state index in [-0.39, 0.29) is 0 Å². The van der Waals surface area contributed by atoms with Gasteiger partial charge >= 0.3 is 0 Å². The standard InChI is InChI=1S/C27H39N3O/c1-4-6-7-8-9-10-11-12-13-15-22-18-23(29-21(22)3)19-26-27(31-5-2)20-25(30-26)24-16-14-17-28-24/h14,16-20,28,30H,4-13,15H2,1-3H3. The van der Waals surface area contributed by atoms with Gasteiger partial charge in [-0.1, -0.05) is 58.3 Å². The molecule has 3 rings (SSSR count). The first-order chi connectivity index (χ1) is 15.2. The number of ether oxygens (including phenoxy) is 1. The number of aromatic nitrogens is 2. The molecule has 0 saturated heterocycles. The number of rotatable bonds is 14. The zero-order valence-electron chi connectivity index (χ0n) is 19.6. The van der Waals surface area contributed by atoms with Gasteiger partial charge in [0.25, 0.3) is 0 Å². The van der Waals surface area contributed by atoms with Crippen LogP contribution in [0.2, 0.25) is 0 Å². The zero-order valence-corrected chi connectivity index (χ0v) is 19.6. The quantitative estimate of drug-likeness (QED) is 0.298. The van der Waals surface area contributed by atoms with Gasteiger partial charge in [0.2, 0.25) is 0 Å². The lowest BCUT2D eigenvalue weighted by Gasteiger charge is -2.03. The van der Waals surface area contributed by atoms with E-state index >= 15 is 0 Å². The van der Waals surface area contributed by atoms with Crippen molar-refractivity contribution in [2.24, 2.45) is 4.99 Å². The molecule has 0 saturated carbocycles. The van der Waals surface area contributed by atoms with E-state index < -0.39 is 0 Å². The van der Waals surface area contributed by atoms with Crippen LogP contribution < -0.4 is 4.74 Å². The molecule has 0 aliphatic carbocycles. The van der Waals surface area contributed by atoms with Gasteiger partial charge in [-0.25, -0.2) is 0 Å². The molecule has 2 N–H and O–H groups in total. The molecule has 0 radical (unpaired) electrons. The number of nitrogens with zero attached hydrogens (tertiary/aromatic N) is 1. The first kappa shape index (κ1) is 23.2. The second-order valence-electron chi connectivity index (χ2n) is 8.49. The highest BCUT2D eigenvalue weighted by molar-refractivity contribution is 6.02. The molecular weight excluding hydrogens is 382 g/mol. The minimum absolute atomic E-state index is 0.639. The minimum Gasteiger partial charge on any atom is -0.492 e.